The van der Waals surface area contributed by atoms with E-state index in [-0.39, 0.29) is 0 Å². The van der Waals surface area contributed by atoms with Gasteiger partial charge in [0.1, 0.15) is 5.75 Å². The number of aromatic hydroxyl groups is 1. The smallest absolute Gasteiger partial charge is 0.118 e. The first-order chi connectivity index (χ1) is 7.36. The summed E-state index contributed by atoms with van der Waals surface area (Å²) in [4.78, 5) is 0. The normalized spacial score (nSPS) is 18.1. The molecule has 15 heavy (non-hydrogen) atoms. The largest absolute Gasteiger partial charge is 0.508 e. The molecule has 0 aromatic heterocycles. The predicted octanol–water partition coefficient (Wildman–Crippen LogP) is 3.83. The lowest BCUT2D eigenvalue weighted by molar-refractivity contribution is 0.466. The molecule has 1 heteroatoms. The second-order valence-corrected chi connectivity index (χ2v) is 4.58. The number of phenolic OH excluding ortho intramolecular Hbond substituents is 1. The van der Waals surface area contributed by atoms with Gasteiger partial charge in [0.25, 0.3) is 0 Å². The zero-order valence-electron chi connectivity index (χ0n) is 9.34. The molecular weight excluding hydrogens is 184 g/mol. The fourth-order valence-corrected chi connectivity index (χ4v) is 2.35. The molecule has 0 aliphatic heterocycles. The molecule has 1 aromatic carbocycles. The molecule has 0 unspecified atom stereocenters. The van der Waals surface area contributed by atoms with Gasteiger partial charge < -0.3 is 5.11 Å². The van der Waals surface area contributed by atoms with Crippen molar-refractivity contribution in [1.82, 2.24) is 0 Å². The van der Waals surface area contributed by atoms with Crippen LogP contribution >= 0.6 is 0 Å². The molecule has 0 amide bonds. The van der Waals surface area contributed by atoms with Crippen molar-refractivity contribution < 1.29 is 5.11 Å². The van der Waals surface area contributed by atoms with Crippen LogP contribution < -0.4 is 0 Å². The van der Waals surface area contributed by atoms with E-state index in [1.165, 1.54) is 50.5 Å². The monoisotopic (exact) mass is 204 g/mol. The van der Waals surface area contributed by atoms with Crippen molar-refractivity contribution in [3.63, 3.8) is 0 Å². The van der Waals surface area contributed by atoms with Crippen LogP contribution in [0, 0.1) is 0 Å². The van der Waals surface area contributed by atoms with E-state index in [1.54, 1.807) is 0 Å². The van der Waals surface area contributed by atoms with Gasteiger partial charge in [-0.3, -0.25) is 0 Å². The Kier molecular flexibility index (Phi) is 3.65. The third-order valence-electron chi connectivity index (χ3n) is 3.31. The highest BCUT2D eigenvalue weighted by Gasteiger charge is 2.04. The Morgan fingerprint density at radius 1 is 0.800 bits per heavy atom. The number of benzene rings is 1. The van der Waals surface area contributed by atoms with E-state index in [0.717, 1.165) is 12.0 Å². The first kappa shape index (κ1) is 10.5. The average Bonchev–Trinajstić information content (AvgIpc) is 2.28. The van der Waals surface area contributed by atoms with Crippen LogP contribution in [0.4, 0.5) is 0 Å². The molecule has 1 aromatic rings. The van der Waals surface area contributed by atoms with Gasteiger partial charge in [-0.2, -0.15) is 0 Å². The van der Waals surface area contributed by atoms with Crippen LogP contribution in [0.1, 0.15) is 49.7 Å². The maximum absolute atomic E-state index is 9.72. The van der Waals surface area contributed by atoms with Crippen LogP contribution in [0.3, 0.4) is 0 Å². The van der Waals surface area contributed by atoms with Gasteiger partial charge in [0.15, 0.2) is 0 Å². The van der Waals surface area contributed by atoms with Crippen LogP contribution in [0.5, 0.6) is 5.75 Å². The van der Waals surface area contributed by atoms with E-state index >= 15 is 0 Å². The van der Waals surface area contributed by atoms with Crippen LogP contribution in [0.15, 0.2) is 18.2 Å². The summed E-state index contributed by atoms with van der Waals surface area (Å²) in [5, 5.41) is 9.72. The minimum Gasteiger partial charge on any atom is -0.508 e. The van der Waals surface area contributed by atoms with Crippen molar-refractivity contribution in [1.29, 1.82) is 0 Å². The highest BCUT2D eigenvalue weighted by molar-refractivity contribution is 5.36. The maximum atomic E-state index is 9.72. The Morgan fingerprint density at radius 3 is 2.27 bits per heavy atom. The van der Waals surface area contributed by atoms with Crippen molar-refractivity contribution in [2.45, 2.75) is 51.4 Å². The van der Waals surface area contributed by atoms with E-state index in [0.29, 0.717) is 5.75 Å². The number of rotatable bonds is 0. The maximum Gasteiger partial charge on any atom is 0.118 e. The van der Waals surface area contributed by atoms with Gasteiger partial charge in [-0.05, 0) is 42.9 Å². The van der Waals surface area contributed by atoms with Crippen molar-refractivity contribution in [3.05, 3.63) is 29.3 Å². The van der Waals surface area contributed by atoms with Crippen LogP contribution in [-0.2, 0) is 12.8 Å². The molecule has 2 bridgehead atoms. The predicted molar refractivity (Wildman–Crippen MR) is 63.2 cm³/mol. The van der Waals surface area contributed by atoms with Crippen molar-refractivity contribution >= 4 is 0 Å². The lowest BCUT2D eigenvalue weighted by Crippen LogP contribution is -1.90. The topological polar surface area (TPSA) is 20.2 Å². The van der Waals surface area contributed by atoms with Gasteiger partial charge in [0.05, 0.1) is 0 Å². The summed E-state index contributed by atoms with van der Waals surface area (Å²) in [6, 6.07) is 6.12. The Morgan fingerprint density at radius 2 is 1.47 bits per heavy atom. The lowest BCUT2D eigenvalue weighted by Gasteiger charge is -2.06. The molecule has 0 fully saturated rings. The lowest BCUT2D eigenvalue weighted by atomic mass is 10.0. The minimum absolute atomic E-state index is 0.484. The zero-order chi connectivity index (χ0) is 10.5. The van der Waals surface area contributed by atoms with Crippen LogP contribution in [0.2, 0.25) is 0 Å². The van der Waals surface area contributed by atoms with Crippen LogP contribution in [-0.4, -0.2) is 5.11 Å². The van der Waals surface area contributed by atoms with Crippen molar-refractivity contribution in [2.75, 3.05) is 0 Å². The van der Waals surface area contributed by atoms with Gasteiger partial charge in [0, 0.05) is 0 Å². The minimum atomic E-state index is 0.484. The van der Waals surface area contributed by atoms with Crippen LogP contribution in [0.25, 0.3) is 0 Å². The summed E-state index contributed by atoms with van der Waals surface area (Å²) in [6.45, 7) is 0. The summed E-state index contributed by atoms with van der Waals surface area (Å²) in [6.07, 6.45) is 10.1. The van der Waals surface area contributed by atoms with Gasteiger partial charge in [-0.1, -0.05) is 37.8 Å². The van der Waals surface area contributed by atoms with Crippen molar-refractivity contribution in [3.8, 4) is 5.75 Å². The molecular formula is C14H20O. The zero-order valence-corrected chi connectivity index (χ0v) is 9.34. The third kappa shape index (κ3) is 2.98. The number of aryl methyl sites for hydroxylation is 2. The fraction of sp³-hybridized carbons (Fsp3) is 0.571. The Balaban J connectivity index is 2.14. The summed E-state index contributed by atoms with van der Waals surface area (Å²) < 4.78 is 0. The standard InChI is InChI=1S/C14H20O/c15-14-10-9-12-7-5-3-1-2-4-6-8-13(14)11-12/h9-11,15H,1-8H2. The Hall–Kier alpha value is -0.980. The quantitative estimate of drug-likeness (QED) is 0.681. The molecule has 2 rings (SSSR count). The summed E-state index contributed by atoms with van der Waals surface area (Å²) in [5.41, 5.74) is 2.54. The molecule has 1 aliphatic rings. The molecule has 1 N–H and O–H groups in total. The Labute approximate surface area is 92.1 Å². The molecule has 82 valence electrons. The number of hydrogen-bond donors (Lipinski definition) is 1. The highest BCUT2D eigenvalue weighted by atomic mass is 16.3. The first-order valence-corrected chi connectivity index (χ1v) is 6.17. The Bertz CT molecular complexity index is 317. The van der Waals surface area contributed by atoms with Gasteiger partial charge in [0.2, 0.25) is 0 Å². The summed E-state index contributed by atoms with van der Waals surface area (Å²) in [5.74, 6) is 0.484. The number of hydrogen-bond acceptors (Lipinski definition) is 1. The number of fused-ring (bicyclic) bond motifs is 2. The molecule has 0 radical (unpaired) electrons. The highest BCUT2D eigenvalue weighted by Crippen LogP contribution is 2.23. The number of phenols is 1. The van der Waals surface area contributed by atoms with E-state index in [2.05, 4.69) is 12.1 Å². The molecule has 0 saturated heterocycles. The molecule has 1 nitrogen and oxygen atoms in total. The SMILES string of the molecule is Oc1ccc2cc1CCCCCCCC2. The summed E-state index contributed by atoms with van der Waals surface area (Å²) >= 11 is 0. The summed E-state index contributed by atoms with van der Waals surface area (Å²) in [7, 11) is 0. The third-order valence-corrected chi connectivity index (χ3v) is 3.31. The van der Waals surface area contributed by atoms with Crippen molar-refractivity contribution in [2.24, 2.45) is 0 Å². The average molecular weight is 204 g/mol. The molecule has 1 aliphatic carbocycles. The second-order valence-electron chi connectivity index (χ2n) is 4.58. The van der Waals surface area contributed by atoms with Gasteiger partial charge in [-0.25, -0.2) is 0 Å². The molecule has 0 heterocycles. The van der Waals surface area contributed by atoms with Gasteiger partial charge >= 0.3 is 0 Å². The molecule has 0 saturated carbocycles. The van der Waals surface area contributed by atoms with E-state index in [9.17, 15) is 5.11 Å². The van der Waals surface area contributed by atoms with E-state index in [1.807, 2.05) is 6.07 Å². The van der Waals surface area contributed by atoms with E-state index < -0.39 is 0 Å². The molecule has 0 atom stereocenters. The van der Waals surface area contributed by atoms with E-state index in [4.69, 9.17) is 0 Å². The van der Waals surface area contributed by atoms with Gasteiger partial charge in [-0.15, -0.1) is 0 Å². The first-order valence-electron chi connectivity index (χ1n) is 6.17. The fourth-order valence-electron chi connectivity index (χ4n) is 2.35. The molecule has 0 spiro atoms. The second kappa shape index (κ2) is 5.20.